The van der Waals surface area contributed by atoms with E-state index in [0.29, 0.717) is 49.5 Å². The van der Waals surface area contributed by atoms with Gasteiger partial charge in [0.2, 0.25) is 11.8 Å². The van der Waals surface area contributed by atoms with E-state index < -0.39 is 11.9 Å². The number of aryl methyl sites for hydroxylation is 1. The molecule has 3 aliphatic heterocycles. The van der Waals surface area contributed by atoms with Crippen molar-refractivity contribution in [3.05, 3.63) is 70.8 Å². The molecule has 5 rings (SSSR count). The van der Waals surface area contributed by atoms with Gasteiger partial charge in [0.1, 0.15) is 11.8 Å². The van der Waals surface area contributed by atoms with E-state index >= 15 is 0 Å². The fraction of sp³-hybridized carbons (Fsp3) is 0.448. The first-order valence-electron chi connectivity index (χ1n) is 13.0. The highest BCUT2D eigenvalue weighted by Gasteiger charge is 2.39. The van der Waals surface area contributed by atoms with Gasteiger partial charge in [0, 0.05) is 37.9 Å². The molecule has 2 fully saturated rings. The highest BCUT2D eigenvalue weighted by Crippen LogP contribution is 2.29. The van der Waals surface area contributed by atoms with Crippen LogP contribution in [0.3, 0.4) is 0 Å². The van der Waals surface area contributed by atoms with E-state index in [1.807, 2.05) is 24.3 Å². The number of likely N-dealkylation sites (tertiary alicyclic amines) is 1. The number of piperidine rings is 2. The Bertz CT molecular complexity index is 1150. The number of fused-ring (bicyclic) bond motifs is 1. The number of nitrogens with one attached hydrogen (secondary N) is 1. The van der Waals surface area contributed by atoms with Gasteiger partial charge in [-0.2, -0.15) is 0 Å². The Morgan fingerprint density at radius 2 is 1.72 bits per heavy atom. The van der Waals surface area contributed by atoms with E-state index in [9.17, 15) is 19.2 Å². The van der Waals surface area contributed by atoms with Crippen LogP contribution in [-0.4, -0.2) is 52.4 Å². The topological polar surface area (TPSA) is 86.8 Å². The van der Waals surface area contributed by atoms with E-state index in [4.69, 9.17) is 0 Å². The Hall–Kier alpha value is -3.32. The largest absolute Gasteiger partial charge is 0.322 e. The van der Waals surface area contributed by atoms with Crippen LogP contribution in [0.1, 0.15) is 65.6 Å². The maximum absolute atomic E-state index is 12.9. The number of carbonyl (C=O) groups is 4. The molecule has 0 spiro atoms. The van der Waals surface area contributed by atoms with Crippen LogP contribution in [0.2, 0.25) is 0 Å². The third-order valence-corrected chi connectivity index (χ3v) is 7.75. The molecule has 3 amide bonds. The highest BCUT2D eigenvalue weighted by molar-refractivity contribution is 6.05. The van der Waals surface area contributed by atoms with Crippen LogP contribution in [0.5, 0.6) is 0 Å². The standard InChI is InChI=1S/C29H33N3O4/c33-24(17-21-12-14-31(15-13-21)18-22-4-2-1-3-5-22)8-6-20-7-9-25-23(16-20)19-32(29(25)36)26-10-11-27(34)30-28(26)35/h1-5,7,9,16,21,26H,6,8,10-15,17-19H2,(H,30,34,35). The summed E-state index contributed by atoms with van der Waals surface area (Å²) in [7, 11) is 0. The number of ketones is 1. The molecule has 0 radical (unpaired) electrons. The number of imide groups is 1. The number of amides is 3. The number of carbonyl (C=O) groups excluding carboxylic acids is 4. The molecule has 0 aliphatic carbocycles. The molecular weight excluding hydrogens is 454 g/mol. The zero-order chi connectivity index (χ0) is 25.1. The summed E-state index contributed by atoms with van der Waals surface area (Å²) in [5.74, 6) is -0.0857. The zero-order valence-corrected chi connectivity index (χ0v) is 20.6. The highest BCUT2D eigenvalue weighted by atomic mass is 16.2. The average molecular weight is 488 g/mol. The Morgan fingerprint density at radius 1 is 0.944 bits per heavy atom. The van der Waals surface area contributed by atoms with Crippen molar-refractivity contribution in [1.29, 1.82) is 0 Å². The lowest BCUT2D eigenvalue weighted by Crippen LogP contribution is -2.52. The van der Waals surface area contributed by atoms with Crippen molar-refractivity contribution >= 4 is 23.5 Å². The van der Waals surface area contributed by atoms with Crippen LogP contribution in [-0.2, 0) is 33.9 Å². The SMILES string of the molecule is O=C(CCc1ccc2c(c1)CN(C1CCC(=O)NC1=O)C2=O)CC1CCN(Cc2ccccc2)CC1. The first-order chi connectivity index (χ1) is 17.5. The summed E-state index contributed by atoms with van der Waals surface area (Å²) in [5, 5.41) is 2.33. The Labute approximate surface area is 211 Å². The molecule has 2 saturated heterocycles. The normalized spacial score (nSPS) is 20.9. The molecule has 0 bridgehead atoms. The fourth-order valence-electron chi connectivity index (χ4n) is 5.68. The van der Waals surface area contributed by atoms with Gasteiger partial charge in [-0.3, -0.25) is 29.4 Å². The lowest BCUT2D eigenvalue weighted by Gasteiger charge is -2.31. The van der Waals surface area contributed by atoms with Gasteiger partial charge in [-0.05, 0) is 67.4 Å². The van der Waals surface area contributed by atoms with Gasteiger partial charge in [0.25, 0.3) is 5.91 Å². The lowest BCUT2D eigenvalue weighted by atomic mass is 9.90. The van der Waals surface area contributed by atoms with E-state index in [0.717, 1.165) is 43.6 Å². The predicted molar refractivity (Wildman–Crippen MR) is 135 cm³/mol. The number of benzene rings is 2. The molecule has 1 atom stereocenters. The van der Waals surface area contributed by atoms with Crippen LogP contribution in [0.4, 0.5) is 0 Å². The molecule has 2 aromatic carbocycles. The number of rotatable bonds is 8. The van der Waals surface area contributed by atoms with Crippen molar-refractivity contribution in [3.8, 4) is 0 Å². The van der Waals surface area contributed by atoms with Gasteiger partial charge in [0.15, 0.2) is 0 Å². The maximum Gasteiger partial charge on any atom is 0.255 e. The van der Waals surface area contributed by atoms with Crippen LogP contribution >= 0.6 is 0 Å². The lowest BCUT2D eigenvalue weighted by molar-refractivity contribution is -0.137. The Balaban J connectivity index is 1.08. The minimum Gasteiger partial charge on any atom is -0.322 e. The molecule has 36 heavy (non-hydrogen) atoms. The van der Waals surface area contributed by atoms with Crippen molar-refractivity contribution in [2.75, 3.05) is 13.1 Å². The van der Waals surface area contributed by atoms with E-state index in [2.05, 4.69) is 34.5 Å². The van der Waals surface area contributed by atoms with Crippen LogP contribution in [0.25, 0.3) is 0 Å². The van der Waals surface area contributed by atoms with Crippen LogP contribution < -0.4 is 5.32 Å². The van der Waals surface area contributed by atoms with E-state index in [1.165, 1.54) is 5.56 Å². The number of Topliss-reactive ketones (excluding diaryl/α,β-unsaturated/α-hetero) is 1. The van der Waals surface area contributed by atoms with Crippen molar-refractivity contribution < 1.29 is 19.2 Å². The van der Waals surface area contributed by atoms with Gasteiger partial charge >= 0.3 is 0 Å². The summed E-state index contributed by atoms with van der Waals surface area (Å²) in [6.45, 7) is 3.41. The van der Waals surface area contributed by atoms with Crippen LogP contribution in [0.15, 0.2) is 48.5 Å². The summed E-state index contributed by atoms with van der Waals surface area (Å²) >= 11 is 0. The molecule has 2 aromatic rings. The van der Waals surface area contributed by atoms with Crippen molar-refractivity contribution in [2.45, 2.75) is 64.1 Å². The smallest absolute Gasteiger partial charge is 0.255 e. The monoisotopic (exact) mass is 487 g/mol. The summed E-state index contributed by atoms with van der Waals surface area (Å²) < 4.78 is 0. The minimum absolute atomic E-state index is 0.166. The van der Waals surface area contributed by atoms with Gasteiger partial charge in [-0.15, -0.1) is 0 Å². The molecule has 7 nitrogen and oxygen atoms in total. The molecule has 7 heteroatoms. The second kappa shape index (κ2) is 10.7. The minimum atomic E-state index is -0.605. The number of hydrogen-bond donors (Lipinski definition) is 1. The predicted octanol–water partition coefficient (Wildman–Crippen LogP) is 3.25. The quantitative estimate of drug-likeness (QED) is 0.578. The second-order valence-corrected chi connectivity index (χ2v) is 10.3. The summed E-state index contributed by atoms with van der Waals surface area (Å²) in [6, 6.07) is 15.6. The Morgan fingerprint density at radius 3 is 2.47 bits per heavy atom. The molecule has 0 aromatic heterocycles. The number of hydrogen-bond acceptors (Lipinski definition) is 5. The van der Waals surface area contributed by atoms with E-state index in [1.54, 1.807) is 4.90 Å². The van der Waals surface area contributed by atoms with Gasteiger partial charge in [-0.25, -0.2) is 0 Å². The summed E-state index contributed by atoms with van der Waals surface area (Å²) in [4.78, 5) is 53.3. The second-order valence-electron chi connectivity index (χ2n) is 10.3. The Kier molecular flexibility index (Phi) is 7.28. The molecular formula is C29H33N3O4. The van der Waals surface area contributed by atoms with Crippen molar-refractivity contribution in [2.24, 2.45) is 5.92 Å². The third kappa shape index (κ3) is 5.57. The molecule has 0 saturated carbocycles. The first-order valence-corrected chi connectivity index (χ1v) is 13.0. The third-order valence-electron chi connectivity index (χ3n) is 7.75. The molecule has 188 valence electrons. The summed E-state index contributed by atoms with van der Waals surface area (Å²) in [5.41, 5.74) is 3.87. The summed E-state index contributed by atoms with van der Waals surface area (Å²) in [6.07, 6.45) is 4.55. The fourth-order valence-corrected chi connectivity index (χ4v) is 5.68. The van der Waals surface area contributed by atoms with E-state index in [-0.39, 0.29) is 18.2 Å². The van der Waals surface area contributed by atoms with Gasteiger partial charge in [-0.1, -0.05) is 42.5 Å². The van der Waals surface area contributed by atoms with Gasteiger partial charge < -0.3 is 4.90 Å². The maximum atomic E-state index is 12.9. The number of nitrogens with zero attached hydrogens (tertiary/aromatic N) is 2. The molecule has 1 N–H and O–H groups in total. The molecule has 1 unspecified atom stereocenters. The molecule has 3 heterocycles. The van der Waals surface area contributed by atoms with Crippen LogP contribution in [0, 0.1) is 5.92 Å². The average Bonchev–Trinajstić information content (AvgIpc) is 3.20. The zero-order valence-electron chi connectivity index (χ0n) is 20.6. The van der Waals surface area contributed by atoms with Crippen molar-refractivity contribution in [1.82, 2.24) is 15.1 Å². The van der Waals surface area contributed by atoms with Gasteiger partial charge in [0.05, 0.1) is 0 Å². The molecule has 3 aliphatic rings. The first kappa shape index (κ1) is 24.4. The van der Waals surface area contributed by atoms with Crippen molar-refractivity contribution in [3.63, 3.8) is 0 Å².